The van der Waals surface area contributed by atoms with Gasteiger partial charge >= 0.3 is 0 Å². The maximum atomic E-state index is 8.59. The first-order chi connectivity index (χ1) is 5.77. The lowest BCUT2D eigenvalue weighted by molar-refractivity contribution is 0.292. The summed E-state index contributed by atoms with van der Waals surface area (Å²) in [6, 6.07) is 0.0601. The average molecular weight is 171 g/mol. The smallest absolute Gasteiger partial charge is 0.243 e. The van der Waals surface area contributed by atoms with Crippen LogP contribution in [0.1, 0.15) is 24.7 Å². The first-order valence-electron chi connectivity index (χ1n) is 3.88. The number of hydrogen-bond donors (Lipinski definition) is 2. The van der Waals surface area contributed by atoms with E-state index in [1.54, 1.807) is 0 Å². The van der Waals surface area contributed by atoms with Crippen LogP contribution >= 0.6 is 0 Å². The minimum Gasteiger partial charge on any atom is -0.396 e. The average Bonchev–Trinajstić information content (AvgIpc) is 2.52. The molecule has 1 aromatic rings. The van der Waals surface area contributed by atoms with Crippen LogP contribution in [-0.2, 0) is 6.42 Å². The second-order valence-electron chi connectivity index (χ2n) is 2.53. The molecule has 0 saturated carbocycles. The van der Waals surface area contributed by atoms with E-state index in [4.69, 9.17) is 9.63 Å². The summed E-state index contributed by atoms with van der Waals surface area (Å²) in [6.07, 6.45) is 0.444. The highest BCUT2D eigenvalue weighted by molar-refractivity contribution is 4.90. The second-order valence-corrected chi connectivity index (χ2v) is 2.53. The SMILES string of the molecule is CNC(C)c1nc(CCO)no1. The lowest BCUT2D eigenvalue weighted by Crippen LogP contribution is -2.12. The molecule has 1 unspecified atom stereocenters. The van der Waals surface area contributed by atoms with Crippen LogP contribution in [0.2, 0.25) is 0 Å². The Hall–Kier alpha value is -0.940. The number of hydrogen-bond acceptors (Lipinski definition) is 5. The predicted octanol–water partition coefficient (Wildman–Crippen LogP) is -0.115. The molecule has 12 heavy (non-hydrogen) atoms. The highest BCUT2D eigenvalue weighted by Gasteiger charge is 2.11. The molecule has 0 aliphatic heterocycles. The van der Waals surface area contributed by atoms with E-state index in [9.17, 15) is 0 Å². The molecule has 1 rings (SSSR count). The predicted molar refractivity (Wildman–Crippen MR) is 42.6 cm³/mol. The van der Waals surface area contributed by atoms with Gasteiger partial charge in [0, 0.05) is 6.42 Å². The second kappa shape index (κ2) is 4.18. The lowest BCUT2D eigenvalue weighted by Gasteiger charge is -2.01. The van der Waals surface area contributed by atoms with E-state index in [0.29, 0.717) is 18.1 Å². The summed E-state index contributed by atoms with van der Waals surface area (Å²) in [5.41, 5.74) is 0. The van der Waals surface area contributed by atoms with Crippen molar-refractivity contribution in [2.45, 2.75) is 19.4 Å². The van der Waals surface area contributed by atoms with Crippen molar-refractivity contribution in [3.05, 3.63) is 11.7 Å². The molecule has 0 aromatic carbocycles. The van der Waals surface area contributed by atoms with E-state index >= 15 is 0 Å². The minimum atomic E-state index is 0.0485. The first kappa shape index (κ1) is 9.15. The Balaban J connectivity index is 2.63. The van der Waals surface area contributed by atoms with Crippen LogP contribution in [0.5, 0.6) is 0 Å². The summed E-state index contributed by atoms with van der Waals surface area (Å²) >= 11 is 0. The van der Waals surface area contributed by atoms with Crippen LogP contribution in [0.4, 0.5) is 0 Å². The summed E-state index contributed by atoms with van der Waals surface area (Å²) in [7, 11) is 1.82. The monoisotopic (exact) mass is 171 g/mol. The van der Waals surface area contributed by atoms with Crippen molar-refractivity contribution in [1.29, 1.82) is 0 Å². The Labute approximate surface area is 70.8 Å². The lowest BCUT2D eigenvalue weighted by atomic mass is 10.3. The molecule has 1 atom stereocenters. The fourth-order valence-corrected chi connectivity index (χ4v) is 0.768. The van der Waals surface area contributed by atoms with Gasteiger partial charge in [-0.2, -0.15) is 4.98 Å². The molecule has 0 saturated heterocycles. The van der Waals surface area contributed by atoms with Gasteiger partial charge in [0.05, 0.1) is 12.6 Å². The van der Waals surface area contributed by atoms with Gasteiger partial charge in [-0.25, -0.2) is 0 Å². The normalized spacial score (nSPS) is 13.2. The summed E-state index contributed by atoms with van der Waals surface area (Å²) in [5, 5.41) is 15.3. The minimum absolute atomic E-state index is 0.0485. The van der Waals surface area contributed by atoms with Gasteiger partial charge in [0.15, 0.2) is 5.82 Å². The summed E-state index contributed by atoms with van der Waals surface area (Å²) in [5.74, 6) is 1.11. The molecule has 0 spiro atoms. The maximum absolute atomic E-state index is 8.59. The third-order valence-electron chi connectivity index (χ3n) is 1.62. The van der Waals surface area contributed by atoms with Crippen molar-refractivity contribution in [1.82, 2.24) is 15.5 Å². The van der Waals surface area contributed by atoms with E-state index in [-0.39, 0.29) is 12.6 Å². The molecule has 0 radical (unpaired) electrons. The molecular weight excluding hydrogens is 158 g/mol. The molecule has 0 bridgehead atoms. The van der Waals surface area contributed by atoms with Gasteiger partial charge < -0.3 is 14.9 Å². The molecular formula is C7H13N3O2. The number of aliphatic hydroxyl groups excluding tert-OH is 1. The Kier molecular flexibility index (Phi) is 3.19. The van der Waals surface area contributed by atoms with E-state index in [0.717, 1.165) is 0 Å². The molecule has 5 nitrogen and oxygen atoms in total. The standard InChI is InChI=1S/C7H13N3O2/c1-5(8-2)7-9-6(3-4-11)10-12-7/h5,8,11H,3-4H2,1-2H3. The van der Waals surface area contributed by atoms with Crippen LogP contribution < -0.4 is 5.32 Å². The van der Waals surface area contributed by atoms with E-state index in [2.05, 4.69) is 15.5 Å². The van der Waals surface area contributed by atoms with Crippen molar-refractivity contribution in [2.75, 3.05) is 13.7 Å². The third-order valence-corrected chi connectivity index (χ3v) is 1.62. The van der Waals surface area contributed by atoms with Crippen LogP contribution in [0.3, 0.4) is 0 Å². The van der Waals surface area contributed by atoms with Crippen LogP contribution in [-0.4, -0.2) is 28.9 Å². The Morgan fingerprint density at radius 1 is 1.67 bits per heavy atom. The van der Waals surface area contributed by atoms with Crippen LogP contribution in [0.25, 0.3) is 0 Å². The molecule has 2 N–H and O–H groups in total. The molecule has 1 aromatic heterocycles. The van der Waals surface area contributed by atoms with E-state index in [1.807, 2.05) is 14.0 Å². The Morgan fingerprint density at radius 3 is 3.00 bits per heavy atom. The highest BCUT2D eigenvalue weighted by atomic mass is 16.5. The van der Waals surface area contributed by atoms with E-state index in [1.165, 1.54) is 0 Å². The van der Waals surface area contributed by atoms with Gasteiger partial charge in [-0.3, -0.25) is 0 Å². The molecule has 0 aliphatic rings. The zero-order chi connectivity index (χ0) is 8.97. The summed E-state index contributed by atoms with van der Waals surface area (Å²) in [4.78, 5) is 4.07. The number of rotatable bonds is 4. The molecule has 0 aliphatic carbocycles. The van der Waals surface area contributed by atoms with Gasteiger partial charge in [-0.1, -0.05) is 5.16 Å². The van der Waals surface area contributed by atoms with Gasteiger partial charge in [0.1, 0.15) is 0 Å². The topological polar surface area (TPSA) is 71.2 Å². The van der Waals surface area contributed by atoms with Gasteiger partial charge in [0.25, 0.3) is 0 Å². The number of aliphatic hydroxyl groups is 1. The Bertz CT molecular complexity index is 236. The zero-order valence-electron chi connectivity index (χ0n) is 7.24. The van der Waals surface area contributed by atoms with Gasteiger partial charge in [0.2, 0.25) is 5.89 Å². The van der Waals surface area contributed by atoms with Crippen molar-refractivity contribution >= 4 is 0 Å². The molecule has 0 fully saturated rings. The quantitative estimate of drug-likeness (QED) is 0.661. The zero-order valence-corrected chi connectivity index (χ0v) is 7.24. The van der Waals surface area contributed by atoms with Crippen LogP contribution in [0.15, 0.2) is 4.52 Å². The van der Waals surface area contributed by atoms with Crippen molar-refractivity contribution < 1.29 is 9.63 Å². The first-order valence-corrected chi connectivity index (χ1v) is 3.88. The highest BCUT2D eigenvalue weighted by Crippen LogP contribution is 2.08. The van der Waals surface area contributed by atoms with Gasteiger partial charge in [-0.15, -0.1) is 0 Å². The maximum Gasteiger partial charge on any atom is 0.243 e. The number of nitrogens with one attached hydrogen (secondary N) is 1. The fraction of sp³-hybridized carbons (Fsp3) is 0.714. The molecule has 0 amide bonds. The Morgan fingerprint density at radius 2 is 2.42 bits per heavy atom. The molecule has 5 heteroatoms. The van der Waals surface area contributed by atoms with E-state index < -0.39 is 0 Å². The van der Waals surface area contributed by atoms with Gasteiger partial charge in [-0.05, 0) is 14.0 Å². The number of aromatic nitrogens is 2. The van der Waals surface area contributed by atoms with Crippen molar-refractivity contribution in [3.8, 4) is 0 Å². The molecule has 68 valence electrons. The van der Waals surface area contributed by atoms with Crippen LogP contribution in [0, 0.1) is 0 Å². The number of nitrogens with zero attached hydrogens (tertiary/aromatic N) is 2. The summed E-state index contributed by atoms with van der Waals surface area (Å²) < 4.78 is 4.94. The summed E-state index contributed by atoms with van der Waals surface area (Å²) in [6.45, 7) is 1.98. The largest absolute Gasteiger partial charge is 0.396 e. The van der Waals surface area contributed by atoms with Crippen molar-refractivity contribution in [3.63, 3.8) is 0 Å². The fourth-order valence-electron chi connectivity index (χ4n) is 0.768. The third kappa shape index (κ3) is 2.02. The van der Waals surface area contributed by atoms with Crippen molar-refractivity contribution in [2.24, 2.45) is 0 Å². The molecule has 1 heterocycles.